The van der Waals surface area contributed by atoms with Crippen LogP contribution in [0.25, 0.3) is 0 Å². The maximum absolute atomic E-state index is 12.4. The Morgan fingerprint density at radius 1 is 1.04 bits per heavy atom. The summed E-state index contributed by atoms with van der Waals surface area (Å²) in [5.74, 6) is 0.900. The van der Waals surface area contributed by atoms with E-state index in [-0.39, 0.29) is 6.03 Å². The van der Waals surface area contributed by atoms with Gasteiger partial charge in [0.2, 0.25) is 0 Å². The zero-order chi connectivity index (χ0) is 19.6. The lowest BCUT2D eigenvalue weighted by atomic mass is 9.86. The van der Waals surface area contributed by atoms with Crippen LogP contribution in [0.3, 0.4) is 0 Å². The number of piperidine rings is 1. The van der Waals surface area contributed by atoms with E-state index in [0.717, 1.165) is 56.9 Å². The monoisotopic (exact) mass is 386 g/mol. The fourth-order valence-electron chi connectivity index (χ4n) is 4.57. The van der Waals surface area contributed by atoms with Crippen LogP contribution < -0.4 is 16.4 Å². The first kappa shape index (κ1) is 21.0. The molecule has 0 bridgehead atoms. The summed E-state index contributed by atoms with van der Waals surface area (Å²) in [5.41, 5.74) is 8.04. The van der Waals surface area contributed by atoms with Gasteiger partial charge in [-0.2, -0.15) is 0 Å². The Morgan fingerprint density at radius 2 is 1.75 bits per heavy atom. The summed E-state index contributed by atoms with van der Waals surface area (Å²) >= 11 is 0. The van der Waals surface area contributed by atoms with Crippen LogP contribution in [0.4, 0.5) is 10.5 Å². The van der Waals surface area contributed by atoms with Gasteiger partial charge < -0.3 is 21.3 Å². The van der Waals surface area contributed by atoms with Gasteiger partial charge in [0.15, 0.2) is 0 Å². The van der Waals surface area contributed by atoms with E-state index in [4.69, 9.17) is 5.73 Å². The number of nitrogens with zero attached hydrogens (tertiary/aromatic N) is 1. The molecule has 1 aromatic carbocycles. The first-order valence-electron chi connectivity index (χ1n) is 11.3. The zero-order valence-electron chi connectivity index (χ0n) is 17.3. The Kier molecular flexibility index (Phi) is 8.46. The number of anilines is 1. The summed E-state index contributed by atoms with van der Waals surface area (Å²) in [4.78, 5) is 14.4. The lowest BCUT2D eigenvalue weighted by molar-refractivity contribution is 0.183. The number of urea groups is 1. The van der Waals surface area contributed by atoms with E-state index in [0.29, 0.717) is 12.6 Å². The van der Waals surface area contributed by atoms with Crippen molar-refractivity contribution in [1.82, 2.24) is 10.2 Å². The quantitative estimate of drug-likeness (QED) is 0.588. The van der Waals surface area contributed by atoms with Gasteiger partial charge in [0.05, 0.1) is 0 Å². The molecule has 156 valence electrons. The van der Waals surface area contributed by atoms with Gasteiger partial charge in [-0.1, -0.05) is 44.2 Å². The minimum absolute atomic E-state index is 0.119. The van der Waals surface area contributed by atoms with E-state index in [1.54, 1.807) is 0 Å². The van der Waals surface area contributed by atoms with Crippen molar-refractivity contribution < 1.29 is 4.79 Å². The molecule has 0 unspecified atom stereocenters. The third kappa shape index (κ3) is 6.69. The highest BCUT2D eigenvalue weighted by Crippen LogP contribution is 2.27. The van der Waals surface area contributed by atoms with Crippen LogP contribution in [0.2, 0.25) is 0 Å². The molecule has 1 aliphatic heterocycles. The molecule has 28 heavy (non-hydrogen) atoms. The number of rotatable bonds is 8. The molecule has 1 aliphatic carbocycles. The standard InChI is InChI=1S/C23H38N4O/c24-15-12-20-8-10-21(11-9-20)26-22-13-17-27(18-14-22)23(28)25-16-4-7-19-5-2-1-3-6-19/h8-11,19,22,26H,1-7,12-18,24H2,(H,25,28). The number of hydrogen-bond acceptors (Lipinski definition) is 3. The van der Waals surface area contributed by atoms with Crippen LogP contribution in [0.15, 0.2) is 24.3 Å². The average molecular weight is 387 g/mol. The highest BCUT2D eigenvalue weighted by molar-refractivity contribution is 5.74. The third-order valence-electron chi connectivity index (χ3n) is 6.33. The third-order valence-corrected chi connectivity index (χ3v) is 6.33. The Labute approximate surface area is 170 Å². The highest BCUT2D eigenvalue weighted by Gasteiger charge is 2.22. The number of carbonyl (C=O) groups is 1. The minimum Gasteiger partial charge on any atom is -0.382 e. The predicted molar refractivity (Wildman–Crippen MR) is 117 cm³/mol. The largest absolute Gasteiger partial charge is 0.382 e. The van der Waals surface area contributed by atoms with E-state index in [1.165, 1.54) is 44.1 Å². The molecule has 1 saturated carbocycles. The Bertz CT molecular complexity index is 575. The average Bonchev–Trinajstić information content (AvgIpc) is 2.74. The van der Waals surface area contributed by atoms with Crippen molar-refractivity contribution in [3.63, 3.8) is 0 Å². The summed E-state index contributed by atoms with van der Waals surface area (Å²) in [6.07, 6.45) is 12.3. The molecule has 0 radical (unpaired) electrons. The molecule has 2 amide bonds. The van der Waals surface area contributed by atoms with Gasteiger partial charge in [0.1, 0.15) is 0 Å². The van der Waals surface area contributed by atoms with Crippen LogP contribution in [-0.4, -0.2) is 43.2 Å². The fraction of sp³-hybridized carbons (Fsp3) is 0.696. The topological polar surface area (TPSA) is 70.4 Å². The van der Waals surface area contributed by atoms with E-state index in [1.807, 2.05) is 4.90 Å². The second-order valence-electron chi connectivity index (χ2n) is 8.52. The fourth-order valence-corrected chi connectivity index (χ4v) is 4.57. The van der Waals surface area contributed by atoms with Crippen LogP contribution >= 0.6 is 0 Å². The number of likely N-dealkylation sites (tertiary alicyclic amines) is 1. The normalized spacial score (nSPS) is 18.8. The summed E-state index contributed by atoms with van der Waals surface area (Å²) in [7, 11) is 0. The minimum atomic E-state index is 0.119. The van der Waals surface area contributed by atoms with Gasteiger partial charge in [0, 0.05) is 31.4 Å². The van der Waals surface area contributed by atoms with Crippen LogP contribution in [0.5, 0.6) is 0 Å². The first-order valence-corrected chi connectivity index (χ1v) is 11.3. The van der Waals surface area contributed by atoms with E-state index in [9.17, 15) is 4.79 Å². The van der Waals surface area contributed by atoms with Crippen molar-refractivity contribution in [2.75, 3.05) is 31.5 Å². The second-order valence-corrected chi connectivity index (χ2v) is 8.52. The van der Waals surface area contributed by atoms with Gasteiger partial charge in [-0.25, -0.2) is 4.79 Å². The van der Waals surface area contributed by atoms with Crippen molar-refractivity contribution in [3.8, 4) is 0 Å². The molecule has 3 rings (SSSR count). The Hall–Kier alpha value is -1.75. The van der Waals surface area contributed by atoms with E-state index >= 15 is 0 Å². The van der Waals surface area contributed by atoms with Crippen LogP contribution in [0.1, 0.15) is 63.4 Å². The molecule has 1 aromatic rings. The summed E-state index contributed by atoms with van der Waals surface area (Å²) in [5, 5.41) is 6.74. The lowest BCUT2D eigenvalue weighted by Gasteiger charge is -2.33. The molecule has 0 atom stereocenters. The maximum Gasteiger partial charge on any atom is 0.317 e. The molecule has 1 heterocycles. The molecule has 2 aliphatic rings. The van der Waals surface area contributed by atoms with Gasteiger partial charge in [0.25, 0.3) is 0 Å². The molecule has 0 aromatic heterocycles. The SMILES string of the molecule is NCCc1ccc(NC2CCN(C(=O)NCCCC3CCCCC3)CC2)cc1. The molecule has 2 fully saturated rings. The summed E-state index contributed by atoms with van der Waals surface area (Å²) in [6.45, 7) is 3.17. The van der Waals surface area contributed by atoms with Crippen molar-refractivity contribution in [1.29, 1.82) is 0 Å². The Morgan fingerprint density at radius 3 is 2.43 bits per heavy atom. The van der Waals surface area contributed by atoms with Gasteiger partial charge >= 0.3 is 6.03 Å². The highest BCUT2D eigenvalue weighted by atomic mass is 16.2. The van der Waals surface area contributed by atoms with Gasteiger partial charge in [-0.05, 0) is 62.3 Å². The maximum atomic E-state index is 12.4. The molecule has 1 saturated heterocycles. The molecular weight excluding hydrogens is 348 g/mol. The zero-order valence-corrected chi connectivity index (χ0v) is 17.3. The second kappa shape index (κ2) is 11.3. The van der Waals surface area contributed by atoms with E-state index < -0.39 is 0 Å². The predicted octanol–water partition coefficient (Wildman–Crippen LogP) is 4.13. The number of amides is 2. The molecule has 4 N–H and O–H groups in total. The van der Waals surface area contributed by atoms with Crippen molar-refractivity contribution in [2.45, 2.75) is 70.3 Å². The number of carbonyl (C=O) groups excluding carboxylic acids is 1. The number of hydrogen-bond donors (Lipinski definition) is 3. The smallest absolute Gasteiger partial charge is 0.317 e. The van der Waals surface area contributed by atoms with Crippen molar-refractivity contribution >= 4 is 11.7 Å². The molecule has 5 nitrogen and oxygen atoms in total. The summed E-state index contributed by atoms with van der Waals surface area (Å²) in [6, 6.07) is 9.12. The molecule has 5 heteroatoms. The van der Waals surface area contributed by atoms with Crippen molar-refractivity contribution in [3.05, 3.63) is 29.8 Å². The first-order chi connectivity index (χ1) is 13.7. The van der Waals surface area contributed by atoms with Gasteiger partial charge in [-0.15, -0.1) is 0 Å². The van der Waals surface area contributed by atoms with E-state index in [2.05, 4.69) is 34.9 Å². The summed E-state index contributed by atoms with van der Waals surface area (Å²) < 4.78 is 0. The van der Waals surface area contributed by atoms with Crippen LogP contribution in [-0.2, 0) is 6.42 Å². The lowest BCUT2D eigenvalue weighted by Crippen LogP contribution is -2.47. The Balaban J connectivity index is 1.30. The van der Waals surface area contributed by atoms with Crippen LogP contribution in [0, 0.1) is 5.92 Å². The molecular formula is C23H38N4O. The van der Waals surface area contributed by atoms with Crippen molar-refractivity contribution in [2.24, 2.45) is 11.7 Å². The van der Waals surface area contributed by atoms with Gasteiger partial charge in [-0.3, -0.25) is 0 Å². The number of benzene rings is 1. The number of nitrogens with one attached hydrogen (secondary N) is 2. The number of nitrogens with two attached hydrogens (primary N) is 1. The molecule has 0 spiro atoms.